The van der Waals surface area contributed by atoms with Gasteiger partial charge in [-0.2, -0.15) is 0 Å². The van der Waals surface area contributed by atoms with E-state index in [-0.39, 0.29) is 5.57 Å². The van der Waals surface area contributed by atoms with Crippen molar-refractivity contribution in [3.63, 3.8) is 0 Å². The first kappa shape index (κ1) is 7.99. The summed E-state index contributed by atoms with van der Waals surface area (Å²) in [7, 11) is 0. The molecule has 0 spiro atoms. The largest absolute Gasteiger partial charge is 0.374 e. The molecule has 6 heteroatoms. The van der Waals surface area contributed by atoms with Gasteiger partial charge in [0.1, 0.15) is 6.23 Å². The van der Waals surface area contributed by atoms with Crippen molar-refractivity contribution in [2.45, 2.75) is 12.6 Å². The maximum atomic E-state index is 10.5. The Hall–Kier alpha value is -1.11. The van der Waals surface area contributed by atoms with Gasteiger partial charge in [-0.05, 0) is 0 Å². The molecule has 0 aromatic rings. The minimum Gasteiger partial charge on any atom is -0.374 e. The van der Waals surface area contributed by atoms with Crippen LogP contribution in [0.5, 0.6) is 0 Å². The Morgan fingerprint density at radius 2 is 2.27 bits per heavy atom. The predicted molar refractivity (Wildman–Crippen MR) is 35.6 cm³/mol. The van der Waals surface area contributed by atoms with Crippen molar-refractivity contribution in [3.8, 4) is 0 Å². The van der Waals surface area contributed by atoms with Crippen molar-refractivity contribution < 1.29 is 15.0 Å². The van der Waals surface area contributed by atoms with Crippen LogP contribution in [0.15, 0.2) is 11.8 Å². The number of amides is 1. The second-order valence-electron chi connectivity index (χ2n) is 2.10. The molecule has 0 saturated heterocycles. The fraction of sp³-hybridized carbons (Fsp3) is 0.400. The third-order valence-corrected chi connectivity index (χ3v) is 1.29. The van der Waals surface area contributed by atoms with Crippen LogP contribution < -0.4 is 16.4 Å². The highest BCUT2D eigenvalue weighted by Gasteiger charge is 2.22. The third kappa shape index (κ3) is 1.67. The number of hydrogen-bond donors (Lipinski definition) is 5. The Balaban J connectivity index is 2.72. The Kier molecular flexibility index (Phi) is 2.08. The molecular formula is C5H9N3O3. The molecule has 62 valence electrons. The summed E-state index contributed by atoms with van der Waals surface area (Å²) in [6.07, 6.45) is -1.08. The summed E-state index contributed by atoms with van der Waals surface area (Å²) in [6.45, 7) is 0. The van der Waals surface area contributed by atoms with Crippen molar-refractivity contribution in [3.05, 3.63) is 11.8 Å². The first-order chi connectivity index (χ1) is 5.11. The summed E-state index contributed by atoms with van der Waals surface area (Å²) < 4.78 is 0. The van der Waals surface area contributed by atoms with Gasteiger partial charge in [0.25, 0.3) is 0 Å². The SMILES string of the molecule is NC(=O)C1=CNC(O)NC1O. The number of hydrogen-bond acceptors (Lipinski definition) is 5. The normalized spacial score (nSPS) is 30.5. The van der Waals surface area contributed by atoms with E-state index < -0.39 is 18.5 Å². The van der Waals surface area contributed by atoms with E-state index in [1.807, 2.05) is 0 Å². The predicted octanol–water partition coefficient (Wildman–Crippen LogP) is -2.86. The number of carbonyl (C=O) groups excluding carboxylic acids is 1. The zero-order chi connectivity index (χ0) is 8.43. The highest BCUT2D eigenvalue weighted by Crippen LogP contribution is 2.01. The molecule has 0 saturated carbocycles. The zero-order valence-corrected chi connectivity index (χ0v) is 5.61. The summed E-state index contributed by atoms with van der Waals surface area (Å²) in [4.78, 5) is 10.5. The fourth-order valence-corrected chi connectivity index (χ4v) is 0.741. The minimum atomic E-state index is -1.20. The molecule has 6 N–H and O–H groups in total. The number of aliphatic hydroxyl groups excluding tert-OH is 2. The van der Waals surface area contributed by atoms with Gasteiger partial charge in [0, 0.05) is 6.20 Å². The van der Waals surface area contributed by atoms with Crippen molar-refractivity contribution in [2.24, 2.45) is 5.73 Å². The van der Waals surface area contributed by atoms with Gasteiger partial charge in [0.2, 0.25) is 5.91 Å². The summed E-state index contributed by atoms with van der Waals surface area (Å²) in [5.41, 5.74) is 4.87. The Morgan fingerprint density at radius 1 is 1.64 bits per heavy atom. The van der Waals surface area contributed by atoms with Crippen molar-refractivity contribution in [1.29, 1.82) is 0 Å². The van der Waals surface area contributed by atoms with Crippen molar-refractivity contribution in [1.82, 2.24) is 10.6 Å². The number of carbonyl (C=O) groups is 1. The number of nitrogens with two attached hydrogens (primary N) is 1. The first-order valence-corrected chi connectivity index (χ1v) is 2.99. The van der Waals surface area contributed by atoms with Crippen LogP contribution in [0.3, 0.4) is 0 Å². The lowest BCUT2D eigenvalue weighted by atomic mass is 10.2. The van der Waals surface area contributed by atoms with Gasteiger partial charge in [-0.1, -0.05) is 0 Å². The van der Waals surface area contributed by atoms with Crippen LogP contribution in [0.25, 0.3) is 0 Å². The molecule has 1 amide bonds. The Labute approximate surface area is 62.7 Å². The maximum absolute atomic E-state index is 10.5. The number of primary amides is 1. The second-order valence-corrected chi connectivity index (χ2v) is 2.10. The fourth-order valence-electron chi connectivity index (χ4n) is 0.741. The van der Waals surface area contributed by atoms with Crippen LogP contribution in [-0.4, -0.2) is 28.7 Å². The van der Waals surface area contributed by atoms with Crippen molar-refractivity contribution >= 4 is 5.91 Å². The molecular weight excluding hydrogens is 150 g/mol. The lowest BCUT2D eigenvalue weighted by Gasteiger charge is -2.24. The minimum absolute atomic E-state index is 0.00435. The van der Waals surface area contributed by atoms with Gasteiger partial charge < -0.3 is 21.3 Å². The Bertz CT molecular complexity index is 203. The van der Waals surface area contributed by atoms with Crippen molar-refractivity contribution in [2.75, 3.05) is 0 Å². The van der Waals surface area contributed by atoms with Crippen LogP contribution >= 0.6 is 0 Å². The molecule has 2 atom stereocenters. The van der Waals surface area contributed by atoms with Crippen LogP contribution in [0, 0.1) is 0 Å². The average molecular weight is 159 g/mol. The summed E-state index contributed by atoms with van der Waals surface area (Å²) in [5.74, 6) is -0.732. The molecule has 0 radical (unpaired) electrons. The van der Waals surface area contributed by atoms with E-state index in [4.69, 9.17) is 15.9 Å². The van der Waals surface area contributed by atoms with E-state index >= 15 is 0 Å². The molecule has 1 heterocycles. The van der Waals surface area contributed by atoms with E-state index in [2.05, 4.69) is 10.6 Å². The molecule has 1 aliphatic heterocycles. The quantitative estimate of drug-likeness (QED) is 0.283. The van der Waals surface area contributed by atoms with Gasteiger partial charge in [-0.15, -0.1) is 0 Å². The molecule has 1 aliphatic rings. The van der Waals surface area contributed by atoms with E-state index in [0.717, 1.165) is 0 Å². The molecule has 11 heavy (non-hydrogen) atoms. The number of rotatable bonds is 1. The molecule has 6 nitrogen and oxygen atoms in total. The lowest BCUT2D eigenvalue weighted by molar-refractivity contribution is -0.116. The van der Waals surface area contributed by atoms with Gasteiger partial charge in [-0.25, -0.2) is 5.32 Å². The smallest absolute Gasteiger partial charge is 0.250 e. The van der Waals surface area contributed by atoms with Crippen LogP contribution in [-0.2, 0) is 4.79 Å². The van der Waals surface area contributed by atoms with Crippen LogP contribution in [0.1, 0.15) is 0 Å². The van der Waals surface area contributed by atoms with Gasteiger partial charge in [-0.3, -0.25) is 4.79 Å². The van der Waals surface area contributed by atoms with Gasteiger partial charge >= 0.3 is 0 Å². The van der Waals surface area contributed by atoms with E-state index in [1.165, 1.54) is 6.20 Å². The standard InChI is InChI=1S/C5H9N3O3/c6-3(9)2-1-7-5(11)8-4(2)10/h1,4-5,7-8,10-11H,(H2,6,9). The monoisotopic (exact) mass is 159 g/mol. The van der Waals surface area contributed by atoms with Crippen LogP contribution in [0.4, 0.5) is 0 Å². The molecule has 2 unspecified atom stereocenters. The van der Waals surface area contributed by atoms with Gasteiger partial charge in [0.15, 0.2) is 6.35 Å². The highest BCUT2D eigenvalue weighted by atomic mass is 16.3. The number of nitrogens with one attached hydrogen (secondary N) is 2. The maximum Gasteiger partial charge on any atom is 0.250 e. The Morgan fingerprint density at radius 3 is 2.73 bits per heavy atom. The zero-order valence-electron chi connectivity index (χ0n) is 5.61. The molecule has 0 fully saturated rings. The molecule has 0 aliphatic carbocycles. The lowest BCUT2D eigenvalue weighted by Crippen LogP contribution is -2.52. The second kappa shape index (κ2) is 2.87. The molecule has 1 rings (SSSR count). The number of aliphatic hydroxyl groups is 2. The topological polar surface area (TPSA) is 108 Å². The average Bonchev–Trinajstić information content (AvgIpc) is 1.85. The summed E-state index contributed by atoms with van der Waals surface area (Å²) >= 11 is 0. The van der Waals surface area contributed by atoms with Gasteiger partial charge in [0.05, 0.1) is 5.57 Å². The summed E-state index contributed by atoms with van der Waals surface area (Å²) in [5, 5.41) is 22.4. The molecule has 0 aromatic carbocycles. The highest BCUT2D eigenvalue weighted by molar-refractivity contribution is 5.92. The van der Waals surface area contributed by atoms with E-state index in [1.54, 1.807) is 0 Å². The van der Waals surface area contributed by atoms with Crippen LogP contribution in [0.2, 0.25) is 0 Å². The molecule has 0 bridgehead atoms. The summed E-state index contributed by atoms with van der Waals surface area (Å²) in [6, 6.07) is 0. The van der Waals surface area contributed by atoms with E-state index in [9.17, 15) is 4.79 Å². The first-order valence-electron chi connectivity index (χ1n) is 2.99. The van der Waals surface area contributed by atoms with E-state index in [0.29, 0.717) is 0 Å². The third-order valence-electron chi connectivity index (χ3n) is 1.29. The molecule has 0 aromatic heterocycles.